The molecule has 0 spiro atoms. The number of rotatable bonds is 6. The molecule has 6 heteroatoms. The number of ether oxygens (including phenoxy) is 1. The zero-order chi connectivity index (χ0) is 14.5. The van der Waals surface area contributed by atoms with E-state index in [2.05, 4.69) is 9.88 Å². The van der Waals surface area contributed by atoms with Crippen LogP contribution in [0, 0.1) is 10.1 Å². The minimum absolute atomic E-state index is 0.0368. The number of nitrogens with zero attached hydrogens (tertiary/aromatic N) is 3. The molecule has 0 atom stereocenters. The quantitative estimate of drug-likeness (QED) is 0.460. The van der Waals surface area contributed by atoms with Crippen LogP contribution < -0.4 is 4.74 Å². The molecule has 0 N–H and O–H groups in total. The minimum atomic E-state index is -0.425. The Kier molecular flexibility index (Phi) is 4.47. The zero-order valence-electron chi connectivity index (χ0n) is 11.6. The molecule has 1 aromatic heterocycles. The van der Waals surface area contributed by atoms with Gasteiger partial charge in [0.25, 0.3) is 5.69 Å². The van der Waals surface area contributed by atoms with Crippen molar-refractivity contribution in [1.29, 1.82) is 0 Å². The molecule has 6 nitrogen and oxygen atoms in total. The SMILES string of the molecule is CN(C)CCCOc1ccnc2cc([N+](=O)[O-])ccc12. The lowest BCUT2D eigenvalue weighted by Gasteiger charge is -2.11. The summed E-state index contributed by atoms with van der Waals surface area (Å²) in [6.45, 7) is 1.56. The Morgan fingerprint density at radius 1 is 1.35 bits per heavy atom. The van der Waals surface area contributed by atoms with Crippen molar-refractivity contribution in [2.75, 3.05) is 27.2 Å². The van der Waals surface area contributed by atoms with Gasteiger partial charge in [-0.2, -0.15) is 0 Å². The average molecular weight is 275 g/mol. The second kappa shape index (κ2) is 6.29. The Hall–Kier alpha value is -2.21. The van der Waals surface area contributed by atoms with Crippen LogP contribution in [0.15, 0.2) is 30.5 Å². The van der Waals surface area contributed by atoms with Gasteiger partial charge in [-0.05, 0) is 32.6 Å². The van der Waals surface area contributed by atoms with E-state index in [0.717, 1.165) is 18.4 Å². The maximum atomic E-state index is 10.7. The van der Waals surface area contributed by atoms with Crippen LogP contribution in [0.1, 0.15) is 6.42 Å². The largest absolute Gasteiger partial charge is 0.493 e. The number of nitro groups is 1. The van der Waals surface area contributed by atoms with Crippen molar-refractivity contribution in [2.24, 2.45) is 0 Å². The van der Waals surface area contributed by atoms with Gasteiger partial charge in [0.05, 0.1) is 17.0 Å². The van der Waals surface area contributed by atoms with Crippen molar-refractivity contribution >= 4 is 16.6 Å². The molecule has 0 fully saturated rings. The van der Waals surface area contributed by atoms with Gasteiger partial charge in [0.2, 0.25) is 0 Å². The second-order valence-corrected chi connectivity index (χ2v) is 4.77. The predicted octanol–water partition coefficient (Wildman–Crippen LogP) is 2.47. The van der Waals surface area contributed by atoms with E-state index in [1.807, 2.05) is 14.1 Å². The number of pyridine rings is 1. The molecule has 106 valence electrons. The third kappa shape index (κ3) is 3.42. The highest BCUT2D eigenvalue weighted by Gasteiger charge is 2.09. The maximum Gasteiger partial charge on any atom is 0.271 e. The molecule has 1 heterocycles. The first-order valence-electron chi connectivity index (χ1n) is 6.38. The summed E-state index contributed by atoms with van der Waals surface area (Å²) in [5.74, 6) is 0.712. The van der Waals surface area contributed by atoms with Crippen molar-refractivity contribution in [3.63, 3.8) is 0 Å². The molecule has 20 heavy (non-hydrogen) atoms. The van der Waals surface area contributed by atoms with Crippen molar-refractivity contribution in [2.45, 2.75) is 6.42 Å². The standard InChI is InChI=1S/C14H17N3O3/c1-16(2)8-3-9-20-14-6-7-15-13-10-11(17(18)19)4-5-12(13)14/h4-7,10H,3,8-9H2,1-2H3. The number of hydrogen-bond acceptors (Lipinski definition) is 5. The van der Waals surface area contributed by atoms with Crippen LogP contribution in [0.5, 0.6) is 5.75 Å². The van der Waals surface area contributed by atoms with Crippen molar-refractivity contribution in [1.82, 2.24) is 9.88 Å². The van der Waals surface area contributed by atoms with Crippen LogP contribution in [0.2, 0.25) is 0 Å². The van der Waals surface area contributed by atoms with Crippen molar-refractivity contribution in [3.05, 3.63) is 40.6 Å². The predicted molar refractivity (Wildman–Crippen MR) is 77.1 cm³/mol. The molecule has 2 aromatic rings. The Morgan fingerprint density at radius 3 is 2.85 bits per heavy atom. The van der Waals surface area contributed by atoms with Gasteiger partial charge in [-0.3, -0.25) is 15.1 Å². The van der Waals surface area contributed by atoms with Crippen LogP contribution in [0.4, 0.5) is 5.69 Å². The molecule has 0 saturated heterocycles. The molecule has 1 aromatic carbocycles. The lowest BCUT2D eigenvalue weighted by Crippen LogP contribution is -2.15. The molecule has 0 unspecified atom stereocenters. The van der Waals surface area contributed by atoms with E-state index in [0.29, 0.717) is 17.9 Å². The highest BCUT2D eigenvalue weighted by atomic mass is 16.6. The molecule has 2 rings (SSSR count). The fraction of sp³-hybridized carbons (Fsp3) is 0.357. The molecule has 0 aliphatic carbocycles. The van der Waals surface area contributed by atoms with E-state index in [1.54, 1.807) is 18.3 Å². The van der Waals surface area contributed by atoms with Crippen LogP contribution in [-0.2, 0) is 0 Å². The Balaban J connectivity index is 2.15. The summed E-state index contributed by atoms with van der Waals surface area (Å²) in [6, 6.07) is 6.39. The van der Waals surface area contributed by atoms with Crippen LogP contribution in [0.25, 0.3) is 10.9 Å². The molecule has 0 bridgehead atoms. The number of aromatic nitrogens is 1. The first-order valence-corrected chi connectivity index (χ1v) is 6.38. The van der Waals surface area contributed by atoms with Crippen molar-refractivity contribution in [3.8, 4) is 5.75 Å². The second-order valence-electron chi connectivity index (χ2n) is 4.77. The average Bonchev–Trinajstić information content (AvgIpc) is 2.42. The molecular weight excluding hydrogens is 258 g/mol. The molecule has 0 radical (unpaired) electrons. The minimum Gasteiger partial charge on any atom is -0.493 e. The third-order valence-electron chi connectivity index (χ3n) is 2.90. The Morgan fingerprint density at radius 2 is 2.15 bits per heavy atom. The van der Waals surface area contributed by atoms with Gasteiger partial charge in [-0.15, -0.1) is 0 Å². The van der Waals surface area contributed by atoms with Gasteiger partial charge in [0.1, 0.15) is 5.75 Å². The number of nitro benzene ring substituents is 1. The Labute approximate surface area is 117 Å². The van der Waals surface area contributed by atoms with Gasteiger partial charge in [0, 0.05) is 30.3 Å². The first-order chi connectivity index (χ1) is 9.58. The lowest BCUT2D eigenvalue weighted by atomic mass is 10.2. The van der Waals surface area contributed by atoms with Crippen molar-refractivity contribution < 1.29 is 9.66 Å². The molecule has 0 saturated carbocycles. The van der Waals surface area contributed by atoms with E-state index in [9.17, 15) is 10.1 Å². The fourth-order valence-corrected chi connectivity index (χ4v) is 1.91. The van der Waals surface area contributed by atoms with Gasteiger partial charge >= 0.3 is 0 Å². The van der Waals surface area contributed by atoms with Gasteiger partial charge in [-0.25, -0.2) is 0 Å². The van der Waals surface area contributed by atoms with E-state index in [-0.39, 0.29) is 5.69 Å². The first kappa shape index (κ1) is 14.2. The summed E-state index contributed by atoms with van der Waals surface area (Å²) >= 11 is 0. The zero-order valence-corrected chi connectivity index (χ0v) is 11.6. The lowest BCUT2D eigenvalue weighted by molar-refractivity contribution is -0.384. The van der Waals surface area contributed by atoms with Crippen LogP contribution in [-0.4, -0.2) is 42.1 Å². The van der Waals surface area contributed by atoms with Gasteiger partial charge in [0.15, 0.2) is 0 Å². The molecule has 0 aliphatic rings. The normalized spacial score (nSPS) is 10.9. The fourth-order valence-electron chi connectivity index (χ4n) is 1.91. The summed E-state index contributed by atoms with van der Waals surface area (Å²) in [5, 5.41) is 11.5. The number of benzene rings is 1. The highest BCUT2D eigenvalue weighted by Crippen LogP contribution is 2.27. The van der Waals surface area contributed by atoms with Gasteiger partial charge in [-0.1, -0.05) is 0 Å². The number of fused-ring (bicyclic) bond motifs is 1. The number of non-ortho nitro benzene ring substituents is 1. The van der Waals surface area contributed by atoms with Crippen LogP contribution >= 0.6 is 0 Å². The summed E-state index contributed by atoms with van der Waals surface area (Å²) in [6.07, 6.45) is 2.52. The smallest absolute Gasteiger partial charge is 0.271 e. The van der Waals surface area contributed by atoms with Gasteiger partial charge < -0.3 is 9.64 Å². The highest BCUT2D eigenvalue weighted by molar-refractivity contribution is 5.86. The summed E-state index contributed by atoms with van der Waals surface area (Å²) in [5.41, 5.74) is 0.610. The molecule has 0 aliphatic heterocycles. The number of hydrogen-bond donors (Lipinski definition) is 0. The van der Waals surface area contributed by atoms with E-state index < -0.39 is 4.92 Å². The molecule has 0 amide bonds. The third-order valence-corrected chi connectivity index (χ3v) is 2.90. The monoisotopic (exact) mass is 275 g/mol. The Bertz CT molecular complexity index is 614. The van der Waals surface area contributed by atoms with Crippen LogP contribution in [0.3, 0.4) is 0 Å². The summed E-state index contributed by atoms with van der Waals surface area (Å²) in [4.78, 5) is 16.6. The maximum absolute atomic E-state index is 10.7. The summed E-state index contributed by atoms with van der Waals surface area (Å²) < 4.78 is 5.73. The topological polar surface area (TPSA) is 68.5 Å². The molecular formula is C14H17N3O3. The van der Waals surface area contributed by atoms with E-state index in [4.69, 9.17) is 4.74 Å². The summed E-state index contributed by atoms with van der Waals surface area (Å²) in [7, 11) is 4.03. The van der Waals surface area contributed by atoms with E-state index in [1.165, 1.54) is 12.1 Å². The van der Waals surface area contributed by atoms with E-state index >= 15 is 0 Å².